The van der Waals surface area contributed by atoms with Gasteiger partial charge < -0.3 is 10.6 Å². The number of rotatable bonds is 7. The predicted octanol–water partition coefficient (Wildman–Crippen LogP) is 6.79. The summed E-state index contributed by atoms with van der Waals surface area (Å²) in [6.07, 6.45) is 0.851. The van der Waals surface area contributed by atoms with Crippen molar-refractivity contribution in [2.45, 2.75) is 71.9 Å². The Morgan fingerprint density at radius 2 is 1.21 bits per heavy atom. The van der Waals surface area contributed by atoms with Crippen molar-refractivity contribution < 1.29 is 14.4 Å². The van der Waals surface area contributed by atoms with E-state index in [0.717, 1.165) is 27.1 Å². The Bertz CT molecular complexity index is 1550. The van der Waals surface area contributed by atoms with Crippen LogP contribution in [0.25, 0.3) is 21.5 Å². The van der Waals surface area contributed by atoms with Gasteiger partial charge in [0.25, 0.3) is 11.8 Å². The van der Waals surface area contributed by atoms with Gasteiger partial charge >= 0.3 is 0 Å². The van der Waals surface area contributed by atoms with Gasteiger partial charge in [0.1, 0.15) is 5.78 Å². The molecule has 0 aliphatic carbocycles. The normalized spacial score (nSPS) is 11.9. The van der Waals surface area contributed by atoms with Crippen LogP contribution in [0, 0.1) is 0 Å². The van der Waals surface area contributed by atoms with Crippen LogP contribution in [0.4, 0.5) is 0 Å². The number of hydrogen-bond acceptors (Lipinski definition) is 3. The number of carbonyl (C=O) groups is 3. The summed E-state index contributed by atoms with van der Waals surface area (Å²) in [5, 5.41) is 9.92. The molecule has 4 aromatic rings. The molecule has 0 aliphatic rings. The van der Waals surface area contributed by atoms with Gasteiger partial charge in [0.2, 0.25) is 0 Å². The number of hydrogen-bond donors (Lipinski definition) is 2. The van der Waals surface area contributed by atoms with E-state index < -0.39 is 5.54 Å². The maximum Gasteiger partial charge on any atom is 0.252 e. The van der Waals surface area contributed by atoms with Crippen molar-refractivity contribution in [3.05, 3.63) is 95.1 Å². The molecule has 0 heterocycles. The van der Waals surface area contributed by atoms with Crippen molar-refractivity contribution in [1.29, 1.82) is 0 Å². The molecule has 0 bridgehead atoms. The minimum absolute atomic E-state index is 0.0189. The highest BCUT2D eigenvalue weighted by Crippen LogP contribution is 2.26. The number of amides is 2. The van der Waals surface area contributed by atoms with E-state index in [1.807, 2.05) is 114 Å². The van der Waals surface area contributed by atoms with Crippen molar-refractivity contribution in [2.24, 2.45) is 0 Å². The summed E-state index contributed by atoms with van der Waals surface area (Å²) >= 11 is 0. The molecule has 39 heavy (non-hydrogen) atoms. The van der Waals surface area contributed by atoms with Gasteiger partial charge in [-0.25, -0.2) is 0 Å². The molecule has 2 N–H and O–H groups in total. The molecule has 0 aromatic heterocycles. The second kappa shape index (κ2) is 11.0. The summed E-state index contributed by atoms with van der Waals surface area (Å²) in [7, 11) is 0. The number of Topliss-reactive ketones (excluding diaryl/α,β-unsaturated/α-hetero) is 1. The van der Waals surface area contributed by atoms with Crippen molar-refractivity contribution in [1.82, 2.24) is 10.6 Å². The topological polar surface area (TPSA) is 75.3 Å². The van der Waals surface area contributed by atoms with Crippen LogP contribution in [0.5, 0.6) is 0 Å². The maximum absolute atomic E-state index is 13.3. The Balaban J connectivity index is 1.61. The summed E-state index contributed by atoms with van der Waals surface area (Å²) in [4.78, 5) is 39.8. The maximum atomic E-state index is 13.3. The largest absolute Gasteiger partial charge is 0.347 e. The lowest BCUT2D eigenvalue weighted by Crippen LogP contribution is -2.41. The molecule has 202 valence electrons. The van der Waals surface area contributed by atoms with Crippen LogP contribution in [0.3, 0.4) is 0 Å². The van der Waals surface area contributed by atoms with Gasteiger partial charge in [-0.15, -0.1) is 0 Å². The Kier molecular flexibility index (Phi) is 7.91. The van der Waals surface area contributed by atoms with E-state index in [2.05, 4.69) is 10.6 Å². The van der Waals surface area contributed by atoms with Gasteiger partial charge in [-0.05, 0) is 86.7 Å². The average Bonchev–Trinajstić information content (AvgIpc) is 2.84. The fourth-order valence-corrected chi connectivity index (χ4v) is 4.82. The van der Waals surface area contributed by atoms with Gasteiger partial charge in [0.05, 0.1) is 5.56 Å². The van der Waals surface area contributed by atoms with Crippen molar-refractivity contribution in [2.75, 3.05) is 0 Å². The van der Waals surface area contributed by atoms with E-state index in [1.54, 1.807) is 0 Å². The van der Waals surface area contributed by atoms with Gasteiger partial charge in [-0.1, -0.05) is 66.7 Å². The fourth-order valence-electron chi connectivity index (χ4n) is 4.82. The number of aryl methyl sites for hydroxylation is 1. The fraction of sp³-hybridized carbons (Fsp3) is 0.324. The van der Waals surface area contributed by atoms with Gasteiger partial charge in [-0.2, -0.15) is 0 Å². The van der Waals surface area contributed by atoms with Crippen molar-refractivity contribution >= 4 is 39.1 Å². The van der Waals surface area contributed by atoms with Crippen molar-refractivity contribution in [3.63, 3.8) is 0 Å². The SMILES string of the molecule is CC(C)(C)NC(=O)c1cc2ccccc2cc1CCC(=O)Cc1ccc2ccccc2c1C(=O)NC(C)(C)C. The molecule has 0 spiro atoms. The van der Waals surface area contributed by atoms with Crippen LogP contribution >= 0.6 is 0 Å². The first kappa shape index (κ1) is 28.0. The number of ketones is 1. The zero-order chi connectivity index (χ0) is 28.4. The number of benzene rings is 4. The summed E-state index contributed by atoms with van der Waals surface area (Å²) in [6, 6.07) is 23.4. The molecule has 0 aliphatic heterocycles. The van der Waals surface area contributed by atoms with E-state index >= 15 is 0 Å². The zero-order valence-electron chi connectivity index (χ0n) is 23.8. The van der Waals surface area contributed by atoms with Crippen LogP contribution in [-0.4, -0.2) is 28.7 Å². The molecule has 4 aromatic carbocycles. The third-order valence-corrected chi connectivity index (χ3v) is 6.50. The predicted molar refractivity (Wildman–Crippen MR) is 159 cm³/mol. The zero-order valence-corrected chi connectivity index (χ0v) is 23.8. The number of nitrogens with one attached hydrogen (secondary N) is 2. The summed E-state index contributed by atoms with van der Waals surface area (Å²) < 4.78 is 0. The third kappa shape index (κ3) is 7.11. The smallest absolute Gasteiger partial charge is 0.252 e. The second-order valence-electron chi connectivity index (χ2n) is 12.3. The summed E-state index contributed by atoms with van der Waals surface area (Å²) in [6.45, 7) is 11.7. The Labute approximate surface area is 231 Å². The first-order valence-corrected chi connectivity index (χ1v) is 13.5. The highest BCUT2D eigenvalue weighted by molar-refractivity contribution is 6.09. The van der Waals surface area contributed by atoms with Crippen LogP contribution in [-0.2, 0) is 17.6 Å². The number of fused-ring (bicyclic) bond motifs is 2. The van der Waals surface area contributed by atoms with E-state index in [0.29, 0.717) is 23.1 Å². The first-order chi connectivity index (χ1) is 18.3. The molecule has 2 amide bonds. The van der Waals surface area contributed by atoms with E-state index in [-0.39, 0.29) is 36.0 Å². The third-order valence-electron chi connectivity index (χ3n) is 6.50. The van der Waals surface area contributed by atoms with E-state index in [1.165, 1.54) is 0 Å². The van der Waals surface area contributed by atoms with Gasteiger partial charge in [0, 0.05) is 29.5 Å². The number of carbonyl (C=O) groups excluding carboxylic acids is 3. The van der Waals surface area contributed by atoms with Crippen LogP contribution in [0.1, 0.15) is 79.8 Å². The molecule has 0 saturated heterocycles. The minimum atomic E-state index is -0.407. The highest BCUT2D eigenvalue weighted by atomic mass is 16.2. The summed E-state index contributed by atoms with van der Waals surface area (Å²) in [5.41, 5.74) is 1.91. The lowest BCUT2D eigenvalue weighted by atomic mass is 9.92. The minimum Gasteiger partial charge on any atom is -0.347 e. The Hall–Kier alpha value is -3.99. The van der Waals surface area contributed by atoms with E-state index in [4.69, 9.17) is 0 Å². The first-order valence-electron chi connectivity index (χ1n) is 13.5. The lowest BCUT2D eigenvalue weighted by molar-refractivity contribution is -0.118. The molecule has 0 saturated carbocycles. The standard InChI is InChI=1S/C34H38N2O3/c1-33(2,3)35-31(38)29-21-24-13-8-7-12-23(24)19-25(29)17-18-27(37)20-26-16-15-22-11-9-10-14-28(22)30(26)32(39)36-34(4,5)6/h7-16,19,21H,17-18,20H2,1-6H3,(H,35,38)(H,36,39). The molecule has 0 fully saturated rings. The molecule has 0 radical (unpaired) electrons. The average molecular weight is 523 g/mol. The highest BCUT2D eigenvalue weighted by Gasteiger charge is 2.23. The molecule has 0 unspecified atom stereocenters. The lowest BCUT2D eigenvalue weighted by Gasteiger charge is -2.22. The van der Waals surface area contributed by atoms with Crippen LogP contribution in [0.2, 0.25) is 0 Å². The van der Waals surface area contributed by atoms with Crippen LogP contribution in [0.15, 0.2) is 72.8 Å². The van der Waals surface area contributed by atoms with Crippen molar-refractivity contribution in [3.8, 4) is 0 Å². The second-order valence-corrected chi connectivity index (χ2v) is 12.3. The quantitative estimate of drug-likeness (QED) is 0.280. The molecule has 0 atom stereocenters. The molecular formula is C34H38N2O3. The molecule has 4 rings (SSSR count). The van der Waals surface area contributed by atoms with Crippen LogP contribution < -0.4 is 10.6 Å². The molecular weight excluding hydrogens is 484 g/mol. The Morgan fingerprint density at radius 1 is 0.641 bits per heavy atom. The molecule has 5 heteroatoms. The molecule has 5 nitrogen and oxygen atoms in total. The van der Waals surface area contributed by atoms with E-state index in [9.17, 15) is 14.4 Å². The van der Waals surface area contributed by atoms with Gasteiger partial charge in [0.15, 0.2) is 0 Å². The monoisotopic (exact) mass is 522 g/mol. The van der Waals surface area contributed by atoms with Gasteiger partial charge in [-0.3, -0.25) is 14.4 Å². The summed E-state index contributed by atoms with van der Waals surface area (Å²) in [5.74, 6) is -0.311. The Morgan fingerprint density at radius 3 is 1.85 bits per heavy atom.